The minimum absolute atomic E-state index is 0.422. The minimum Gasteiger partial charge on any atom is -0.368 e. The molecular weight excluding hydrogens is 104 g/mol. The van der Waals surface area contributed by atoms with Crippen molar-refractivity contribution in [1.82, 2.24) is 0 Å². The van der Waals surface area contributed by atoms with Gasteiger partial charge in [-0.05, 0) is 18.8 Å². The molecule has 2 fully saturated rings. The molecule has 3 atom stereocenters. The number of aliphatic hydroxyl groups excluding tert-OH is 1. The summed E-state index contributed by atoms with van der Waals surface area (Å²) in [4.78, 5) is 0. The van der Waals surface area contributed by atoms with E-state index in [0.717, 1.165) is 6.61 Å². The van der Waals surface area contributed by atoms with E-state index < -0.39 is 6.29 Å². The topological polar surface area (TPSA) is 29.5 Å². The van der Waals surface area contributed by atoms with Gasteiger partial charge in [0.15, 0.2) is 6.29 Å². The molecule has 0 unspecified atom stereocenters. The number of rotatable bonds is 0. The number of hydrogen-bond acceptors (Lipinski definition) is 2. The largest absolute Gasteiger partial charge is 0.368 e. The van der Waals surface area contributed by atoms with E-state index in [2.05, 4.69) is 0 Å². The molecule has 1 aliphatic carbocycles. The maximum absolute atomic E-state index is 9.00. The molecule has 0 bridgehead atoms. The zero-order valence-corrected chi connectivity index (χ0v) is 4.71. The van der Waals surface area contributed by atoms with Crippen molar-refractivity contribution in [2.45, 2.75) is 19.1 Å². The molecule has 1 heterocycles. The highest BCUT2D eigenvalue weighted by molar-refractivity contribution is 4.86. The van der Waals surface area contributed by atoms with Gasteiger partial charge < -0.3 is 9.84 Å². The van der Waals surface area contributed by atoms with Crippen molar-refractivity contribution in [3.8, 4) is 0 Å². The van der Waals surface area contributed by atoms with Crippen LogP contribution in [0.25, 0.3) is 0 Å². The van der Waals surface area contributed by atoms with E-state index in [0.29, 0.717) is 11.8 Å². The molecule has 1 aliphatic heterocycles. The summed E-state index contributed by atoms with van der Waals surface area (Å²) in [5.74, 6) is 1.19. The average Bonchev–Trinajstić information content (AvgIpc) is 1.80. The van der Waals surface area contributed by atoms with Crippen molar-refractivity contribution in [3.05, 3.63) is 0 Å². The number of ether oxygens (including phenoxy) is 1. The van der Waals surface area contributed by atoms with E-state index in [4.69, 9.17) is 9.84 Å². The second kappa shape index (κ2) is 1.45. The van der Waals surface area contributed by atoms with Crippen LogP contribution in [-0.4, -0.2) is 18.0 Å². The maximum Gasteiger partial charge on any atom is 0.157 e. The van der Waals surface area contributed by atoms with Crippen LogP contribution in [0.5, 0.6) is 0 Å². The molecule has 2 heteroatoms. The Morgan fingerprint density at radius 2 is 2.25 bits per heavy atom. The van der Waals surface area contributed by atoms with Crippen molar-refractivity contribution in [3.63, 3.8) is 0 Å². The molecule has 0 aromatic heterocycles. The van der Waals surface area contributed by atoms with Gasteiger partial charge in [-0.15, -0.1) is 0 Å². The second-order valence-corrected chi connectivity index (χ2v) is 2.73. The van der Waals surface area contributed by atoms with Gasteiger partial charge in [-0.2, -0.15) is 0 Å². The third kappa shape index (κ3) is 0.446. The van der Waals surface area contributed by atoms with Crippen LogP contribution in [0, 0.1) is 11.8 Å². The fourth-order valence-corrected chi connectivity index (χ4v) is 1.52. The molecule has 1 saturated carbocycles. The van der Waals surface area contributed by atoms with Gasteiger partial charge in [-0.3, -0.25) is 0 Å². The van der Waals surface area contributed by atoms with Crippen molar-refractivity contribution < 1.29 is 9.84 Å². The fraction of sp³-hybridized carbons (Fsp3) is 1.00. The Morgan fingerprint density at radius 3 is 2.50 bits per heavy atom. The first-order valence-corrected chi connectivity index (χ1v) is 3.17. The first kappa shape index (κ1) is 4.77. The number of fused-ring (bicyclic) bond motifs is 1. The quantitative estimate of drug-likeness (QED) is 0.492. The molecule has 1 N–H and O–H groups in total. The Balaban J connectivity index is 2.05. The Labute approximate surface area is 48.5 Å². The average molecular weight is 114 g/mol. The first-order chi connectivity index (χ1) is 3.88. The normalized spacial score (nSPS) is 52.9. The summed E-state index contributed by atoms with van der Waals surface area (Å²) in [5, 5.41) is 9.00. The van der Waals surface area contributed by atoms with E-state index in [1.807, 2.05) is 0 Å². The second-order valence-electron chi connectivity index (χ2n) is 2.73. The van der Waals surface area contributed by atoms with Gasteiger partial charge in [-0.25, -0.2) is 0 Å². The van der Waals surface area contributed by atoms with Crippen LogP contribution in [0.2, 0.25) is 0 Å². The highest BCUT2D eigenvalue weighted by Crippen LogP contribution is 2.41. The molecule has 0 radical (unpaired) electrons. The summed E-state index contributed by atoms with van der Waals surface area (Å²) in [6, 6.07) is 0. The molecule has 8 heavy (non-hydrogen) atoms. The SMILES string of the molecule is O[C@H]1OC[C@@H]2CC[C@@H]21. The van der Waals surface area contributed by atoms with Gasteiger partial charge in [0.25, 0.3) is 0 Å². The molecule has 0 aromatic carbocycles. The molecule has 2 aliphatic rings. The van der Waals surface area contributed by atoms with Crippen LogP contribution in [0.4, 0.5) is 0 Å². The summed E-state index contributed by atoms with van der Waals surface area (Å²) in [6.07, 6.45) is 2.02. The number of hydrogen-bond donors (Lipinski definition) is 1. The summed E-state index contributed by atoms with van der Waals surface area (Å²) in [6.45, 7) is 0.797. The lowest BCUT2D eigenvalue weighted by atomic mass is 9.76. The predicted molar refractivity (Wildman–Crippen MR) is 28.2 cm³/mol. The van der Waals surface area contributed by atoms with Crippen LogP contribution in [0.15, 0.2) is 0 Å². The third-order valence-corrected chi connectivity index (χ3v) is 2.32. The lowest BCUT2D eigenvalue weighted by molar-refractivity contribution is -0.0872. The summed E-state index contributed by atoms with van der Waals surface area (Å²) in [5.41, 5.74) is 0. The van der Waals surface area contributed by atoms with E-state index in [1.165, 1.54) is 12.8 Å². The lowest BCUT2D eigenvalue weighted by Crippen LogP contribution is -2.28. The zero-order valence-electron chi connectivity index (χ0n) is 4.71. The van der Waals surface area contributed by atoms with E-state index in [1.54, 1.807) is 0 Å². The Morgan fingerprint density at radius 1 is 1.38 bits per heavy atom. The molecule has 0 spiro atoms. The standard InChI is InChI=1S/C6H10O2/c7-6-5-2-1-4(5)3-8-6/h4-7H,1-3H2/t4-,5-,6-/m0/s1. The van der Waals surface area contributed by atoms with E-state index >= 15 is 0 Å². The summed E-state index contributed by atoms with van der Waals surface area (Å²) >= 11 is 0. The van der Waals surface area contributed by atoms with Gasteiger partial charge in [-0.1, -0.05) is 0 Å². The maximum atomic E-state index is 9.00. The summed E-state index contributed by atoms with van der Waals surface area (Å²) < 4.78 is 5.00. The van der Waals surface area contributed by atoms with E-state index in [9.17, 15) is 0 Å². The van der Waals surface area contributed by atoms with Gasteiger partial charge >= 0.3 is 0 Å². The smallest absolute Gasteiger partial charge is 0.157 e. The Kier molecular flexibility index (Phi) is 0.866. The van der Waals surface area contributed by atoms with Crippen LogP contribution < -0.4 is 0 Å². The Bertz CT molecular complexity index is 96.7. The molecule has 1 saturated heterocycles. The Hall–Kier alpha value is -0.0800. The monoisotopic (exact) mass is 114 g/mol. The first-order valence-electron chi connectivity index (χ1n) is 3.17. The minimum atomic E-state index is -0.422. The van der Waals surface area contributed by atoms with Crippen molar-refractivity contribution >= 4 is 0 Å². The third-order valence-electron chi connectivity index (χ3n) is 2.32. The molecule has 46 valence electrons. The molecular formula is C6H10O2. The number of aliphatic hydroxyl groups is 1. The van der Waals surface area contributed by atoms with Crippen molar-refractivity contribution in [2.75, 3.05) is 6.61 Å². The zero-order chi connectivity index (χ0) is 5.56. The highest BCUT2D eigenvalue weighted by Gasteiger charge is 2.42. The van der Waals surface area contributed by atoms with Crippen molar-refractivity contribution in [1.29, 1.82) is 0 Å². The van der Waals surface area contributed by atoms with Gasteiger partial charge in [0.05, 0.1) is 6.61 Å². The highest BCUT2D eigenvalue weighted by atomic mass is 16.6. The molecule has 2 rings (SSSR count). The molecule has 2 nitrogen and oxygen atoms in total. The van der Waals surface area contributed by atoms with E-state index in [-0.39, 0.29) is 0 Å². The fourth-order valence-electron chi connectivity index (χ4n) is 1.52. The predicted octanol–water partition coefficient (Wildman–Crippen LogP) is 0.361. The van der Waals surface area contributed by atoms with Gasteiger partial charge in [0, 0.05) is 5.92 Å². The lowest BCUT2D eigenvalue weighted by Gasteiger charge is -2.28. The van der Waals surface area contributed by atoms with Crippen LogP contribution in [0.1, 0.15) is 12.8 Å². The van der Waals surface area contributed by atoms with Crippen LogP contribution in [-0.2, 0) is 4.74 Å². The van der Waals surface area contributed by atoms with Crippen LogP contribution in [0.3, 0.4) is 0 Å². The molecule has 0 amide bonds. The van der Waals surface area contributed by atoms with Gasteiger partial charge in [0.1, 0.15) is 0 Å². The molecule has 0 aromatic rings. The van der Waals surface area contributed by atoms with Crippen LogP contribution >= 0.6 is 0 Å². The van der Waals surface area contributed by atoms with Gasteiger partial charge in [0.2, 0.25) is 0 Å². The summed E-state index contributed by atoms with van der Waals surface area (Å²) in [7, 11) is 0. The van der Waals surface area contributed by atoms with Crippen molar-refractivity contribution in [2.24, 2.45) is 11.8 Å².